The number of amides is 2. The standard InChI is InChI=1S/C19H15ClN2O4/c20-13-5-15-14(25-7-26-15)3-8(13)6-21-22-18(23)16-9-1-2-10(12-4-11(9)12)17(16)19(22)24/h1-3,5-6,9-12,16-17H,4,7H2/b21-6-/t9-,10-,11-,12+,16-,17+/m1/s1. The summed E-state index contributed by atoms with van der Waals surface area (Å²) in [5.41, 5.74) is 0.579. The van der Waals surface area contributed by atoms with Crippen molar-refractivity contribution in [3.05, 3.63) is 34.9 Å². The summed E-state index contributed by atoms with van der Waals surface area (Å²) in [5.74, 6) is 1.85. The molecular formula is C19H15ClN2O4. The van der Waals surface area contributed by atoms with Gasteiger partial charge >= 0.3 is 0 Å². The van der Waals surface area contributed by atoms with Crippen molar-refractivity contribution in [1.82, 2.24) is 5.01 Å². The number of rotatable bonds is 2. The Hall–Kier alpha value is -2.34. The lowest BCUT2D eigenvalue weighted by molar-refractivity contribution is -0.140. The van der Waals surface area contributed by atoms with Crippen LogP contribution in [0.3, 0.4) is 0 Å². The van der Waals surface area contributed by atoms with Gasteiger partial charge in [-0.15, -0.1) is 0 Å². The van der Waals surface area contributed by atoms with Gasteiger partial charge < -0.3 is 9.47 Å². The maximum Gasteiger partial charge on any atom is 0.254 e. The third-order valence-corrected chi connectivity index (χ3v) is 6.77. The van der Waals surface area contributed by atoms with Gasteiger partial charge in [0.15, 0.2) is 11.5 Å². The van der Waals surface area contributed by atoms with Crippen LogP contribution in [0.5, 0.6) is 11.5 Å². The molecule has 6 atom stereocenters. The van der Waals surface area contributed by atoms with Crippen LogP contribution in [0, 0.1) is 35.5 Å². The molecule has 132 valence electrons. The van der Waals surface area contributed by atoms with Gasteiger partial charge in [-0.1, -0.05) is 23.8 Å². The van der Waals surface area contributed by atoms with Crippen molar-refractivity contribution < 1.29 is 19.1 Å². The van der Waals surface area contributed by atoms with E-state index in [1.807, 2.05) is 0 Å². The molecule has 1 aromatic carbocycles. The number of nitrogens with zero attached hydrogens (tertiary/aromatic N) is 2. The maximum absolute atomic E-state index is 12.9. The molecule has 1 aromatic rings. The number of fused-ring (bicyclic) bond motifs is 1. The van der Waals surface area contributed by atoms with E-state index in [-0.39, 0.29) is 42.3 Å². The number of hydrazone groups is 1. The van der Waals surface area contributed by atoms with Gasteiger partial charge in [0, 0.05) is 11.6 Å². The molecule has 2 aliphatic heterocycles. The van der Waals surface area contributed by atoms with E-state index in [0.29, 0.717) is 33.9 Å². The smallest absolute Gasteiger partial charge is 0.254 e. The van der Waals surface area contributed by atoms with Gasteiger partial charge in [0.05, 0.1) is 23.1 Å². The van der Waals surface area contributed by atoms with Crippen LogP contribution in [0.1, 0.15) is 12.0 Å². The minimum Gasteiger partial charge on any atom is -0.454 e. The van der Waals surface area contributed by atoms with E-state index < -0.39 is 0 Å². The van der Waals surface area contributed by atoms with Gasteiger partial charge in [0.2, 0.25) is 6.79 Å². The highest BCUT2D eigenvalue weighted by Crippen LogP contribution is 2.65. The van der Waals surface area contributed by atoms with Gasteiger partial charge in [-0.25, -0.2) is 0 Å². The molecule has 0 radical (unpaired) electrons. The minimum atomic E-state index is -0.245. The Balaban J connectivity index is 1.32. The van der Waals surface area contributed by atoms with Gasteiger partial charge in [0.1, 0.15) is 0 Å². The normalized spacial score (nSPS) is 38.3. The fraction of sp³-hybridized carbons (Fsp3) is 0.421. The first-order chi connectivity index (χ1) is 12.6. The van der Waals surface area contributed by atoms with Gasteiger partial charge in [0.25, 0.3) is 11.8 Å². The Bertz CT molecular complexity index is 890. The molecule has 3 fully saturated rings. The fourth-order valence-corrected chi connectivity index (χ4v) is 5.41. The Morgan fingerprint density at radius 3 is 2.31 bits per heavy atom. The number of halogens is 1. The predicted octanol–water partition coefficient (Wildman–Crippen LogP) is 2.46. The number of hydrogen-bond donors (Lipinski definition) is 0. The highest BCUT2D eigenvalue weighted by Gasteiger charge is 2.67. The molecule has 0 N–H and O–H groups in total. The minimum absolute atomic E-state index is 0.150. The summed E-state index contributed by atoms with van der Waals surface area (Å²) in [7, 11) is 0. The molecule has 2 heterocycles. The largest absolute Gasteiger partial charge is 0.454 e. The predicted molar refractivity (Wildman–Crippen MR) is 91.7 cm³/mol. The van der Waals surface area contributed by atoms with E-state index >= 15 is 0 Å². The van der Waals surface area contributed by atoms with Crippen molar-refractivity contribution >= 4 is 29.6 Å². The van der Waals surface area contributed by atoms with Crippen molar-refractivity contribution in [3.8, 4) is 11.5 Å². The molecule has 2 saturated carbocycles. The van der Waals surface area contributed by atoms with Crippen LogP contribution in [0.15, 0.2) is 29.4 Å². The van der Waals surface area contributed by atoms with E-state index in [1.54, 1.807) is 12.1 Å². The van der Waals surface area contributed by atoms with E-state index in [1.165, 1.54) is 6.21 Å². The van der Waals surface area contributed by atoms with Crippen LogP contribution in [0.2, 0.25) is 5.02 Å². The second kappa shape index (κ2) is 4.88. The lowest BCUT2D eigenvalue weighted by Gasteiger charge is -2.37. The quantitative estimate of drug-likeness (QED) is 0.455. The Morgan fingerprint density at radius 1 is 1.04 bits per heavy atom. The van der Waals surface area contributed by atoms with E-state index in [0.717, 1.165) is 11.4 Å². The number of carbonyl (C=O) groups excluding carboxylic acids is 2. The zero-order valence-electron chi connectivity index (χ0n) is 13.7. The summed E-state index contributed by atoms with van der Waals surface area (Å²) in [6.45, 7) is 0.150. The molecule has 7 heteroatoms. The average molecular weight is 371 g/mol. The first-order valence-corrected chi connectivity index (χ1v) is 9.20. The molecule has 0 spiro atoms. The monoisotopic (exact) mass is 370 g/mol. The lowest BCUT2D eigenvalue weighted by Crippen LogP contribution is -2.40. The number of hydrogen-bond acceptors (Lipinski definition) is 5. The summed E-state index contributed by atoms with van der Waals surface area (Å²) in [5, 5.41) is 5.68. The molecule has 1 saturated heterocycles. The topological polar surface area (TPSA) is 68.2 Å². The number of imide groups is 1. The Morgan fingerprint density at radius 2 is 1.65 bits per heavy atom. The highest BCUT2D eigenvalue weighted by molar-refractivity contribution is 6.33. The molecule has 0 unspecified atom stereocenters. The van der Waals surface area contributed by atoms with Crippen LogP contribution in [0.25, 0.3) is 0 Å². The van der Waals surface area contributed by atoms with Crippen molar-refractivity contribution in [1.29, 1.82) is 0 Å². The third-order valence-electron chi connectivity index (χ3n) is 6.44. The highest BCUT2D eigenvalue weighted by atomic mass is 35.5. The van der Waals surface area contributed by atoms with Gasteiger partial charge in [-0.3, -0.25) is 9.59 Å². The Labute approximate surface area is 154 Å². The number of benzene rings is 1. The molecule has 6 nitrogen and oxygen atoms in total. The van der Waals surface area contributed by atoms with Crippen LogP contribution in [-0.2, 0) is 9.59 Å². The SMILES string of the molecule is O=C1[C@@H]2[C@@H]3C=C[C@H]([C@@H]4C[C@H]34)[C@@H]2C(=O)N1/N=C\c1cc2c(cc1Cl)OCO2. The average Bonchev–Trinajstić information content (AvgIpc) is 3.29. The maximum atomic E-state index is 12.9. The second-order valence-electron chi connectivity index (χ2n) is 7.61. The second-order valence-corrected chi connectivity index (χ2v) is 8.02. The summed E-state index contributed by atoms with van der Waals surface area (Å²) in [6.07, 6.45) is 6.89. The molecule has 0 aromatic heterocycles. The first kappa shape index (κ1) is 14.8. The lowest BCUT2D eigenvalue weighted by atomic mass is 9.63. The number of allylic oxidation sites excluding steroid dienone is 2. The van der Waals surface area contributed by atoms with Crippen molar-refractivity contribution in [3.63, 3.8) is 0 Å². The molecule has 7 rings (SSSR count). The van der Waals surface area contributed by atoms with E-state index in [4.69, 9.17) is 21.1 Å². The van der Waals surface area contributed by atoms with Crippen molar-refractivity contribution in [2.75, 3.05) is 6.79 Å². The van der Waals surface area contributed by atoms with Crippen LogP contribution >= 0.6 is 11.6 Å². The summed E-state index contributed by atoms with van der Waals surface area (Å²) in [6, 6.07) is 3.35. The van der Waals surface area contributed by atoms with Crippen LogP contribution in [-0.4, -0.2) is 29.8 Å². The molecule has 4 aliphatic carbocycles. The van der Waals surface area contributed by atoms with Gasteiger partial charge in [-0.05, 0) is 36.2 Å². The first-order valence-electron chi connectivity index (χ1n) is 8.83. The molecule has 6 aliphatic rings. The number of carbonyl (C=O) groups is 2. The Kier molecular flexibility index (Phi) is 2.78. The van der Waals surface area contributed by atoms with E-state index in [9.17, 15) is 9.59 Å². The number of ether oxygens (including phenoxy) is 2. The van der Waals surface area contributed by atoms with Crippen LogP contribution < -0.4 is 9.47 Å². The fourth-order valence-electron chi connectivity index (χ4n) is 5.21. The van der Waals surface area contributed by atoms with Crippen molar-refractivity contribution in [2.24, 2.45) is 40.6 Å². The zero-order chi connectivity index (χ0) is 17.6. The molecular weight excluding hydrogens is 356 g/mol. The van der Waals surface area contributed by atoms with E-state index in [2.05, 4.69) is 17.3 Å². The third kappa shape index (κ3) is 1.80. The zero-order valence-corrected chi connectivity index (χ0v) is 14.4. The molecule has 2 amide bonds. The van der Waals surface area contributed by atoms with Gasteiger partial charge in [-0.2, -0.15) is 10.1 Å². The summed E-state index contributed by atoms with van der Waals surface area (Å²) in [4.78, 5) is 25.8. The van der Waals surface area contributed by atoms with Crippen molar-refractivity contribution in [2.45, 2.75) is 6.42 Å². The van der Waals surface area contributed by atoms with Crippen LogP contribution in [0.4, 0.5) is 0 Å². The molecule has 26 heavy (non-hydrogen) atoms. The summed E-state index contributed by atoms with van der Waals surface area (Å²) >= 11 is 6.24. The summed E-state index contributed by atoms with van der Waals surface area (Å²) < 4.78 is 10.6. The molecule has 2 bridgehead atoms.